The van der Waals surface area contributed by atoms with Crippen molar-refractivity contribution in [1.82, 2.24) is 10.2 Å². The van der Waals surface area contributed by atoms with Crippen LogP contribution in [0.4, 0.5) is 4.79 Å². The third kappa shape index (κ3) is 4.28. The Hall–Kier alpha value is -3.86. The Morgan fingerprint density at radius 2 is 1.53 bits per heavy atom. The highest BCUT2D eigenvalue weighted by atomic mass is 16.5. The van der Waals surface area contributed by atoms with Crippen LogP contribution >= 0.6 is 0 Å². The Bertz CT molecular complexity index is 1080. The van der Waals surface area contributed by atoms with E-state index in [0.717, 1.165) is 11.1 Å². The predicted molar refractivity (Wildman–Crippen MR) is 125 cm³/mol. The Labute approximate surface area is 188 Å². The van der Waals surface area contributed by atoms with Gasteiger partial charge in [-0.15, -0.1) is 6.58 Å². The number of benzene rings is 3. The van der Waals surface area contributed by atoms with Gasteiger partial charge in [0.05, 0.1) is 0 Å². The Balaban J connectivity index is 1.50. The summed E-state index contributed by atoms with van der Waals surface area (Å²) < 4.78 is 5.64. The number of rotatable bonds is 7. The molecule has 4 rings (SSSR count). The van der Waals surface area contributed by atoms with E-state index < -0.39 is 12.1 Å². The van der Waals surface area contributed by atoms with Crippen LogP contribution in [-0.2, 0) is 9.53 Å². The molecule has 0 spiro atoms. The van der Waals surface area contributed by atoms with Crippen LogP contribution in [-0.4, -0.2) is 37.1 Å². The van der Waals surface area contributed by atoms with Crippen LogP contribution in [0.1, 0.15) is 28.7 Å². The zero-order chi connectivity index (χ0) is 22.5. The number of alkyl carbamates (subject to hydrolysis) is 1. The summed E-state index contributed by atoms with van der Waals surface area (Å²) in [7, 11) is 1.68. The third-order valence-electron chi connectivity index (χ3n) is 5.76. The van der Waals surface area contributed by atoms with Crippen molar-refractivity contribution in [1.29, 1.82) is 0 Å². The van der Waals surface area contributed by atoms with Crippen molar-refractivity contribution in [2.45, 2.75) is 12.0 Å². The van der Waals surface area contributed by atoms with Crippen LogP contribution in [0.3, 0.4) is 0 Å². The molecule has 0 saturated heterocycles. The molecule has 1 N–H and O–H groups in total. The normalized spacial score (nSPS) is 12.9. The molecule has 1 atom stereocenters. The van der Waals surface area contributed by atoms with Crippen LogP contribution in [0, 0.1) is 0 Å². The fourth-order valence-corrected chi connectivity index (χ4v) is 4.20. The molecule has 0 heterocycles. The Kier molecular flexibility index (Phi) is 6.36. The molecule has 3 aromatic rings. The van der Waals surface area contributed by atoms with Crippen LogP contribution in [0.2, 0.25) is 0 Å². The standard InChI is InChI=1S/C27H26N2O3/c1-3-17-29(2)26(30)25(19-11-5-4-6-12-19)28-27(31)32-18-24-22-15-9-7-13-20(22)21-14-8-10-16-23(21)24/h3-16,24-25H,1,17-18H2,2H3,(H,28,31)/t25-/m1/s1. The molecule has 5 heteroatoms. The molecule has 1 aliphatic carbocycles. The van der Waals surface area contributed by atoms with E-state index in [-0.39, 0.29) is 18.4 Å². The first kappa shape index (κ1) is 21.4. The quantitative estimate of drug-likeness (QED) is 0.546. The summed E-state index contributed by atoms with van der Waals surface area (Å²) in [5.74, 6) is -0.271. The number of ether oxygens (including phenoxy) is 1. The lowest BCUT2D eigenvalue weighted by molar-refractivity contribution is -0.131. The molecule has 32 heavy (non-hydrogen) atoms. The van der Waals surface area contributed by atoms with E-state index in [1.54, 1.807) is 13.1 Å². The summed E-state index contributed by atoms with van der Waals surface area (Å²) in [5.41, 5.74) is 5.31. The Morgan fingerprint density at radius 1 is 0.969 bits per heavy atom. The first-order chi connectivity index (χ1) is 15.6. The fraction of sp³-hybridized carbons (Fsp3) is 0.185. The highest BCUT2D eigenvalue weighted by Crippen LogP contribution is 2.44. The fourth-order valence-electron chi connectivity index (χ4n) is 4.20. The van der Waals surface area contributed by atoms with Gasteiger partial charge >= 0.3 is 6.09 Å². The van der Waals surface area contributed by atoms with Crippen LogP contribution < -0.4 is 5.32 Å². The minimum absolute atomic E-state index is 0.0394. The first-order valence-corrected chi connectivity index (χ1v) is 10.6. The van der Waals surface area contributed by atoms with Gasteiger partial charge in [0, 0.05) is 19.5 Å². The number of carbonyl (C=O) groups is 2. The third-order valence-corrected chi connectivity index (χ3v) is 5.76. The van der Waals surface area contributed by atoms with E-state index in [4.69, 9.17) is 4.74 Å². The monoisotopic (exact) mass is 426 g/mol. The predicted octanol–water partition coefficient (Wildman–Crippen LogP) is 4.91. The number of carbonyl (C=O) groups excluding carboxylic acids is 2. The lowest BCUT2D eigenvalue weighted by Crippen LogP contribution is -2.41. The number of nitrogens with zero attached hydrogens (tertiary/aromatic N) is 1. The van der Waals surface area contributed by atoms with Crippen molar-refractivity contribution < 1.29 is 14.3 Å². The molecule has 0 aromatic heterocycles. The number of likely N-dealkylation sites (N-methyl/N-ethyl adjacent to an activating group) is 1. The molecular weight excluding hydrogens is 400 g/mol. The van der Waals surface area contributed by atoms with Gasteiger partial charge in [-0.1, -0.05) is 84.9 Å². The van der Waals surface area contributed by atoms with Gasteiger partial charge in [-0.05, 0) is 27.8 Å². The average molecular weight is 427 g/mol. The summed E-state index contributed by atoms with van der Waals surface area (Å²) in [4.78, 5) is 27.3. The summed E-state index contributed by atoms with van der Waals surface area (Å²) in [5, 5.41) is 2.76. The number of amides is 2. The van der Waals surface area contributed by atoms with E-state index >= 15 is 0 Å². The van der Waals surface area contributed by atoms with E-state index in [0.29, 0.717) is 12.1 Å². The topological polar surface area (TPSA) is 58.6 Å². The molecule has 0 radical (unpaired) electrons. The summed E-state index contributed by atoms with van der Waals surface area (Å²) in [6, 6.07) is 24.7. The molecule has 1 aliphatic rings. The minimum atomic E-state index is -0.836. The van der Waals surface area contributed by atoms with E-state index in [1.807, 2.05) is 54.6 Å². The van der Waals surface area contributed by atoms with E-state index in [2.05, 4.69) is 36.2 Å². The molecule has 0 aliphatic heterocycles. The van der Waals surface area contributed by atoms with Crippen molar-refractivity contribution in [2.24, 2.45) is 0 Å². The van der Waals surface area contributed by atoms with Crippen molar-refractivity contribution in [3.63, 3.8) is 0 Å². The van der Waals surface area contributed by atoms with Crippen LogP contribution in [0.15, 0.2) is 91.5 Å². The molecule has 0 fully saturated rings. The number of fused-ring (bicyclic) bond motifs is 3. The van der Waals surface area contributed by atoms with Crippen LogP contribution in [0.5, 0.6) is 0 Å². The van der Waals surface area contributed by atoms with Gasteiger partial charge in [-0.25, -0.2) is 4.79 Å². The summed E-state index contributed by atoms with van der Waals surface area (Å²) >= 11 is 0. The highest BCUT2D eigenvalue weighted by Gasteiger charge is 2.30. The van der Waals surface area contributed by atoms with Gasteiger partial charge in [0.15, 0.2) is 0 Å². The second-order valence-electron chi connectivity index (χ2n) is 7.82. The molecular formula is C27H26N2O3. The lowest BCUT2D eigenvalue weighted by atomic mass is 9.98. The van der Waals surface area contributed by atoms with Gasteiger partial charge in [0.2, 0.25) is 5.91 Å². The maximum Gasteiger partial charge on any atom is 0.408 e. The maximum absolute atomic E-state index is 13.0. The van der Waals surface area contributed by atoms with Crippen molar-refractivity contribution in [2.75, 3.05) is 20.2 Å². The van der Waals surface area contributed by atoms with Crippen molar-refractivity contribution in [3.8, 4) is 11.1 Å². The highest BCUT2D eigenvalue weighted by molar-refractivity contribution is 5.87. The van der Waals surface area contributed by atoms with Gasteiger partial charge in [-0.2, -0.15) is 0 Å². The van der Waals surface area contributed by atoms with Gasteiger partial charge < -0.3 is 15.0 Å². The molecule has 0 bridgehead atoms. The minimum Gasteiger partial charge on any atom is -0.449 e. The van der Waals surface area contributed by atoms with Gasteiger partial charge in [-0.3, -0.25) is 4.79 Å². The zero-order valence-corrected chi connectivity index (χ0v) is 18.0. The molecule has 2 amide bonds. The zero-order valence-electron chi connectivity index (χ0n) is 18.0. The molecule has 0 saturated carbocycles. The number of hydrogen-bond donors (Lipinski definition) is 1. The second kappa shape index (κ2) is 9.52. The average Bonchev–Trinajstić information content (AvgIpc) is 3.15. The summed E-state index contributed by atoms with van der Waals surface area (Å²) in [6.45, 7) is 4.26. The SMILES string of the molecule is C=CCN(C)C(=O)[C@H](NC(=O)OCC1c2ccccc2-c2ccccc21)c1ccccc1. The van der Waals surface area contributed by atoms with Crippen molar-refractivity contribution in [3.05, 3.63) is 108 Å². The Morgan fingerprint density at radius 3 is 2.12 bits per heavy atom. The van der Waals surface area contributed by atoms with E-state index in [9.17, 15) is 9.59 Å². The smallest absolute Gasteiger partial charge is 0.408 e. The van der Waals surface area contributed by atoms with Gasteiger partial charge in [0.1, 0.15) is 12.6 Å². The maximum atomic E-state index is 13.0. The number of hydrogen-bond acceptors (Lipinski definition) is 3. The lowest BCUT2D eigenvalue weighted by Gasteiger charge is -2.24. The molecule has 3 aromatic carbocycles. The van der Waals surface area contributed by atoms with Crippen LogP contribution in [0.25, 0.3) is 11.1 Å². The number of nitrogens with one attached hydrogen (secondary N) is 1. The van der Waals surface area contributed by atoms with E-state index in [1.165, 1.54) is 16.0 Å². The van der Waals surface area contributed by atoms with Crippen molar-refractivity contribution >= 4 is 12.0 Å². The second-order valence-corrected chi connectivity index (χ2v) is 7.82. The first-order valence-electron chi connectivity index (χ1n) is 10.6. The molecule has 5 nitrogen and oxygen atoms in total. The molecule has 162 valence electrons. The van der Waals surface area contributed by atoms with Gasteiger partial charge in [0.25, 0.3) is 0 Å². The summed E-state index contributed by atoms with van der Waals surface area (Å²) in [6.07, 6.45) is 1.02. The molecule has 0 unspecified atom stereocenters. The largest absolute Gasteiger partial charge is 0.449 e.